The van der Waals surface area contributed by atoms with Crippen molar-refractivity contribution in [2.75, 3.05) is 0 Å². The fourth-order valence-electron chi connectivity index (χ4n) is 0.630. The zero-order chi connectivity index (χ0) is 75.7. The minimum Gasteiger partial charge on any atom is -0.724 e. The van der Waals surface area contributed by atoms with Gasteiger partial charge in [-0.05, 0) is 0 Å². The van der Waals surface area contributed by atoms with Crippen LogP contribution in [-0.4, -0.2) is 233 Å². The van der Waals surface area contributed by atoms with E-state index in [1.165, 1.54) is 0 Å². The molecule has 72 nitrogen and oxygen atoms in total. The van der Waals surface area contributed by atoms with Crippen molar-refractivity contribution < 1.29 is 414 Å². The molecule has 0 aromatic carbocycles. The topological polar surface area (TPSA) is 1150 Å². The molecule has 0 aromatic rings. The summed E-state index contributed by atoms with van der Waals surface area (Å²) >= 11 is 0. The van der Waals surface area contributed by atoms with Gasteiger partial charge in [0.25, 0.3) is 0 Å². The number of rotatable bonds is 27. The second-order valence-electron chi connectivity index (χ2n) is 8.88. The summed E-state index contributed by atoms with van der Waals surface area (Å²) in [6, 6.07) is 0. The molecular formula is H16K2O72S18. The van der Waals surface area contributed by atoms with Gasteiger partial charge in [0.05, 0.1) is 0 Å². The molecule has 92 heavy (non-hydrogen) atoms. The first-order chi connectivity index (χ1) is 37.9. The standard InChI is InChI=1S/2K.9H2O8S2/c;;9*1-9(2,3)7-8-10(4,5)6/h;;9*(H,1,2,3)(H,4,5,6)/q2*+1;;;;;;;;;/p-2. The maximum Gasteiger partial charge on any atom is 1.00 e. The van der Waals surface area contributed by atoms with E-state index < -0.39 is 187 Å². The minimum atomic E-state index is -5.31. The Morgan fingerprint density at radius 1 is 0.130 bits per heavy atom. The number of hydrogen-bond donors (Lipinski definition) is 16. The molecule has 0 radical (unpaired) electrons. The third-order valence-electron chi connectivity index (χ3n) is 1.79. The van der Waals surface area contributed by atoms with Crippen LogP contribution >= 0.6 is 0 Å². The molecule has 0 spiro atoms. The van der Waals surface area contributed by atoms with E-state index >= 15 is 0 Å². The van der Waals surface area contributed by atoms with Gasteiger partial charge in [-0.25, -0.2) is 16.8 Å². The summed E-state index contributed by atoms with van der Waals surface area (Å²) in [5.41, 5.74) is 0. The van der Waals surface area contributed by atoms with E-state index in [1.807, 2.05) is 0 Å². The first kappa shape index (κ1) is 117. The summed E-state index contributed by atoms with van der Waals surface area (Å²) in [5.74, 6) is 0. The Balaban J connectivity index is -0.0000000889. The zero-order valence-corrected chi connectivity index (χ0v) is 60.3. The molecule has 0 fully saturated rings. The molecule has 0 rings (SSSR count). The molecule has 0 aliphatic heterocycles. The fourth-order valence-corrected chi connectivity index (χ4v) is 5.67. The van der Waals surface area contributed by atoms with Crippen LogP contribution in [0, 0.1) is 0 Å². The van der Waals surface area contributed by atoms with Crippen molar-refractivity contribution in [2.24, 2.45) is 0 Å². The van der Waals surface area contributed by atoms with Crippen LogP contribution in [0.2, 0.25) is 0 Å². The minimum absolute atomic E-state index is 0. The van der Waals surface area contributed by atoms with Crippen LogP contribution in [0.3, 0.4) is 0 Å². The van der Waals surface area contributed by atoms with Crippen molar-refractivity contribution in [1.29, 1.82) is 0 Å². The Hall–Kier alpha value is 0.933. The van der Waals surface area contributed by atoms with Gasteiger partial charge < -0.3 is 9.11 Å². The summed E-state index contributed by atoms with van der Waals surface area (Å²) in [5, 5.41) is 0. The van der Waals surface area contributed by atoms with E-state index in [4.69, 9.17) is 72.8 Å². The molecule has 0 aliphatic carbocycles. The molecule has 0 unspecified atom stereocenters. The monoisotopic (exact) mass is 1820 g/mol. The average Bonchev–Trinajstić information content (AvgIpc) is 3.18. The molecule has 0 saturated heterocycles. The third-order valence-corrected chi connectivity index (χ3v) is 6.88. The summed E-state index contributed by atoms with van der Waals surface area (Å²) in [7, 11) is -90.9. The molecule has 558 valence electrons. The SMILES string of the molecule is O=S(=O)(O)OOS(=O)(=O)O.O=S(=O)(O)OOS(=O)(=O)O.O=S(=O)(O)OOS(=O)(=O)O.O=S(=O)(O)OOS(=O)(=O)O.O=S(=O)(O)OOS(=O)(=O)O.O=S(=O)(O)OOS(=O)(=O)O.O=S(=O)(O)OOS(=O)(=O)O.O=S(=O)(O)OOS(=O)(=O)O.O=S(=O)([O-])OOS(=O)(=O)[O-].[K+].[K+]. The van der Waals surface area contributed by atoms with E-state index in [0.717, 1.165) is 0 Å². The second kappa shape index (κ2) is 47.2. The van der Waals surface area contributed by atoms with Crippen LogP contribution in [0.4, 0.5) is 0 Å². The van der Waals surface area contributed by atoms with Gasteiger partial charge in [-0.15, -0.1) is 8.67 Å². The van der Waals surface area contributed by atoms with Gasteiger partial charge in [-0.2, -0.15) is 135 Å². The quantitative estimate of drug-likeness (QED) is 0.0119. The van der Waals surface area contributed by atoms with Crippen molar-refractivity contribution in [3.05, 3.63) is 0 Å². The fraction of sp³-hybridized carbons (Fsp3) is 0. The number of hydrogen-bond acceptors (Lipinski definition) is 56. The molecule has 0 aliphatic rings. The maximum absolute atomic E-state index is 9.51. The molecule has 0 aromatic heterocycles. The first-order valence-corrected chi connectivity index (χ1v) is 38.3. The predicted molar refractivity (Wildman–Crippen MR) is 224 cm³/mol. The Kier molecular flexibility index (Phi) is 60.0. The van der Waals surface area contributed by atoms with Gasteiger partial charge in [0, 0.05) is 0 Å². The van der Waals surface area contributed by atoms with Gasteiger partial charge in [-0.1, -0.05) is 69.3 Å². The van der Waals surface area contributed by atoms with Gasteiger partial charge in [0.1, 0.15) is 0 Å². The third kappa shape index (κ3) is 180. The summed E-state index contributed by atoms with van der Waals surface area (Å²) in [6.07, 6.45) is 0. The molecular weight excluding hydrogens is 1810 g/mol. The Labute approximate surface area is 593 Å². The van der Waals surface area contributed by atoms with Crippen molar-refractivity contribution in [1.82, 2.24) is 0 Å². The molecule has 0 amide bonds. The Morgan fingerprint density at radius 2 is 0.174 bits per heavy atom. The van der Waals surface area contributed by atoms with E-state index in [0.29, 0.717) is 0 Å². The predicted octanol–water partition coefficient (Wildman–Crippen LogP) is -19.8. The van der Waals surface area contributed by atoms with Crippen molar-refractivity contribution in [2.45, 2.75) is 0 Å². The van der Waals surface area contributed by atoms with Gasteiger partial charge in [0.15, 0.2) is 0 Å². The van der Waals surface area contributed by atoms with Gasteiger partial charge in [0.2, 0.25) is 20.8 Å². The van der Waals surface area contributed by atoms with Crippen LogP contribution in [-0.2, 0) is 265 Å². The molecule has 0 heterocycles. The van der Waals surface area contributed by atoms with E-state index in [1.54, 1.807) is 0 Å². The van der Waals surface area contributed by atoms with Crippen molar-refractivity contribution in [3.8, 4) is 0 Å². The van der Waals surface area contributed by atoms with Gasteiger partial charge in [-0.3, -0.25) is 72.8 Å². The normalized spacial score (nSPS) is 13.1. The first-order valence-electron chi connectivity index (χ1n) is 13.8. The summed E-state index contributed by atoms with van der Waals surface area (Å²) in [6.45, 7) is 0. The molecule has 0 bridgehead atoms. The van der Waals surface area contributed by atoms with E-state index in [2.05, 4.69) is 78.0 Å². The van der Waals surface area contributed by atoms with Crippen LogP contribution in [0.15, 0.2) is 0 Å². The summed E-state index contributed by atoms with van der Waals surface area (Å²) in [4.78, 5) is 0. The zero-order valence-electron chi connectivity index (χ0n) is 39.4. The molecule has 92 heteroatoms. The molecule has 16 N–H and O–H groups in total. The van der Waals surface area contributed by atoms with Crippen LogP contribution < -0.4 is 103 Å². The second-order valence-corrected chi connectivity index (χ2v) is 26.7. The maximum atomic E-state index is 9.51. The van der Waals surface area contributed by atoms with Crippen molar-refractivity contribution in [3.63, 3.8) is 0 Å². The average molecular weight is 1820 g/mol. The summed E-state index contributed by atoms with van der Waals surface area (Å²) < 4.78 is 532. The molecule has 0 atom stereocenters. The van der Waals surface area contributed by atoms with Crippen LogP contribution in [0.5, 0.6) is 0 Å². The van der Waals surface area contributed by atoms with Gasteiger partial charge >= 0.3 is 269 Å². The smallest absolute Gasteiger partial charge is 0.724 e. The van der Waals surface area contributed by atoms with E-state index in [-0.39, 0.29) is 103 Å². The van der Waals surface area contributed by atoms with E-state index in [9.17, 15) is 161 Å². The van der Waals surface area contributed by atoms with Crippen LogP contribution in [0.1, 0.15) is 0 Å². The Morgan fingerprint density at radius 3 is 0.196 bits per heavy atom. The van der Waals surface area contributed by atoms with Crippen molar-refractivity contribution >= 4 is 187 Å². The largest absolute Gasteiger partial charge is 1.00 e. The Bertz CT molecular complexity index is 3120. The molecule has 0 saturated carbocycles. The van der Waals surface area contributed by atoms with Crippen LogP contribution in [0.25, 0.3) is 0 Å².